The Hall–Kier alpha value is -1.54. The monoisotopic (exact) mass is 394 g/mol. The van der Waals surface area contributed by atoms with Gasteiger partial charge in [-0.05, 0) is 42.5 Å². The zero-order chi connectivity index (χ0) is 18.8. The summed E-state index contributed by atoms with van der Waals surface area (Å²) in [5.74, 6) is -15.5. The molecule has 8 heteroatoms. The van der Waals surface area contributed by atoms with Gasteiger partial charge in [0.05, 0.1) is 0 Å². The maximum Gasteiger partial charge on any atom is 0.380 e. The van der Waals surface area contributed by atoms with Gasteiger partial charge in [0, 0.05) is 25.8 Å². The Labute approximate surface area is 148 Å². The van der Waals surface area contributed by atoms with Crippen molar-refractivity contribution in [1.29, 1.82) is 0 Å². The van der Waals surface area contributed by atoms with Crippen LogP contribution < -0.4 is 0 Å². The van der Waals surface area contributed by atoms with Gasteiger partial charge in [-0.3, -0.25) is 0 Å². The van der Waals surface area contributed by atoms with Crippen molar-refractivity contribution in [2.75, 3.05) is 0 Å². The highest BCUT2D eigenvalue weighted by Gasteiger charge is 2.80. The summed E-state index contributed by atoms with van der Waals surface area (Å²) in [5, 5.41) is 1.41. The molecule has 0 bridgehead atoms. The zero-order valence-electron chi connectivity index (χ0n) is 13.1. The van der Waals surface area contributed by atoms with Gasteiger partial charge in [-0.15, -0.1) is 22.7 Å². The van der Waals surface area contributed by atoms with Gasteiger partial charge >= 0.3 is 17.8 Å². The van der Waals surface area contributed by atoms with Crippen LogP contribution >= 0.6 is 22.7 Å². The van der Waals surface area contributed by atoms with Crippen LogP contribution in [0.25, 0.3) is 17.2 Å². The first-order valence-corrected chi connectivity index (χ1v) is 8.82. The fraction of sp³-hybridized carbons (Fsp3) is 0.294. The van der Waals surface area contributed by atoms with Crippen LogP contribution in [0, 0.1) is 13.8 Å². The minimum absolute atomic E-state index is 0.253. The zero-order valence-corrected chi connectivity index (χ0v) is 14.7. The summed E-state index contributed by atoms with van der Waals surface area (Å²) in [7, 11) is 0. The van der Waals surface area contributed by atoms with Crippen LogP contribution in [-0.4, -0.2) is 17.8 Å². The summed E-state index contributed by atoms with van der Waals surface area (Å²) >= 11 is 2.07. The van der Waals surface area contributed by atoms with Crippen molar-refractivity contribution < 1.29 is 26.3 Å². The number of alkyl halides is 6. The van der Waals surface area contributed by atoms with E-state index in [0.29, 0.717) is 4.88 Å². The SMILES string of the molecule is C=Cc1cc(C2=C(c3ccsc3C)C(F)(F)C(F)(F)C2(F)F)c(C)s1. The van der Waals surface area contributed by atoms with Crippen molar-refractivity contribution >= 4 is 39.9 Å². The van der Waals surface area contributed by atoms with Crippen LogP contribution in [-0.2, 0) is 0 Å². The molecule has 1 aliphatic carbocycles. The second-order valence-corrected chi connectivity index (χ2v) is 8.09. The van der Waals surface area contributed by atoms with Crippen LogP contribution in [0.4, 0.5) is 26.3 Å². The Morgan fingerprint density at radius 1 is 0.920 bits per heavy atom. The molecule has 0 saturated carbocycles. The highest BCUT2D eigenvalue weighted by Crippen LogP contribution is 2.65. The van der Waals surface area contributed by atoms with E-state index in [1.807, 2.05) is 0 Å². The van der Waals surface area contributed by atoms with E-state index in [4.69, 9.17) is 0 Å². The third-order valence-corrected chi connectivity index (χ3v) is 6.09. The summed E-state index contributed by atoms with van der Waals surface area (Å²) in [6, 6.07) is 2.38. The van der Waals surface area contributed by atoms with Crippen molar-refractivity contribution in [3.8, 4) is 0 Å². The van der Waals surface area contributed by atoms with E-state index in [1.54, 1.807) is 0 Å². The highest BCUT2D eigenvalue weighted by molar-refractivity contribution is 7.13. The molecule has 0 spiro atoms. The molecule has 1 aliphatic rings. The van der Waals surface area contributed by atoms with E-state index in [2.05, 4.69) is 6.58 Å². The lowest BCUT2D eigenvalue weighted by Gasteiger charge is -2.25. The van der Waals surface area contributed by atoms with Gasteiger partial charge in [0.2, 0.25) is 0 Å². The number of allylic oxidation sites excluding steroid dienone is 2. The number of thiophene rings is 2. The highest BCUT2D eigenvalue weighted by atomic mass is 32.1. The second-order valence-electron chi connectivity index (χ2n) is 5.69. The molecule has 0 atom stereocenters. The van der Waals surface area contributed by atoms with E-state index in [9.17, 15) is 26.3 Å². The number of hydrogen-bond donors (Lipinski definition) is 0. The lowest BCUT2D eigenvalue weighted by molar-refractivity contribution is -0.254. The molecule has 2 aromatic heterocycles. The van der Waals surface area contributed by atoms with Crippen molar-refractivity contribution in [3.05, 3.63) is 49.9 Å². The standard InChI is InChI=1S/C17H12F6S2/c1-4-10-7-12(9(3)25-10)14-13(11-5-6-24-8(11)2)15(18,19)17(22,23)16(14,20)21/h4-7H,1H2,2-3H3. The predicted molar refractivity (Wildman–Crippen MR) is 89.9 cm³/mol. The quantitative estimate of drug-likeness (QED) is 0.497. The predicted octanol–water partition coefficient (Wildman–Crippen LogP) is 6.90. The van der Waals surface area contributed by atoms with E-state index < -0.39 is 28.9 Å². The molecule has 25 heavy (non-hydrogen) atoms. The Kier molecular flexibility index (Phi) is 4.00. The van der Waals surface area contributed by atoms with E-state index in [1.165, 1.54) is 37.4 Å². The first-order chi connectivity index (χ1) is 11.5. The lowest BCUT2D eigenvalue weighted by atomic mass is 9.95. The Balaban J connectivity index is 2.44. The molecule has 0 fully saturated rings. The molecule has 2 heterocycles. The fourth-order valence-corrected chi connectivity index (χ4v) is 4.52. The third-order valence-electron chi connectivity index (χ3n) is 4.20. The van der Waals surface area contributed by atoms with Crippen molar-refractivity contribution in [3.63, 3.8) is 0 Å². The molecule has 0 aromatic carbocycles. The molecular weight excluding hydrogens is 382 g/mol. The summed E-state index contributed by atoms with van der Waals surface area (Å²) in [6.45, 7) is 6.37. The largest absolute Gasteiger partial charge is 0.380 e. The molecule has 0 nitrogen and oxygen atoms in total. The molecule has 0 amide bonds. The van der Waals surface area contributed by atoms with E-state index in [-0.39, 0.29) is 20.9 Å². The maximum atomic E-state index is 14.5. The minimum atomic E-state index is -5.51. The summed E-state index contributed by atoms with van der Waals surface area (Å²) in [5.41, 5.74) is -3.15. The van der Waals surface area contributed by atoms with Crippen LogP contribution in [0.15, 0.2) is 24.1 Å². The molecule has 0 aliphatic heterocycles. The summed E-state index contributed by atoms with van der Waals surface area (Å²) in [4.78, 5) is 0.969. The first kappa shape index (κ1) is 18.3. The van der Waals surface area contributed by atoms with Crippen LogP contribution in [0.2, 0.25) is 0 Å². The topological polar surface area (TPSA) is 0 Å². The summed E-state index contributed by atoms with van der Waals surface area (Å²) in [6.07, 6.45) is 1.36. The second kappa shape index (κ2) is 5.48. The van der Waals surface area contributed by atoms with Crippen LogP contribution in [0.5, 0.6) is 0 Å². The number of hydrogen-bond acceptors (Lipinski definition) is 2. The van der Waals surface area contributed by atoms with Crippen molar-refractivity contribution in [2.45, 2.75) is 31.6 Å². The minimum Gasteiger partial charge on any atom is -0.194 e. The first-order valence-electron chi connectivity index (χ1n) is 7.13. The van der Waals surface area contributed by atoms with Gasteiger partial charge in [-0.1, -0.05) is 12.7 Å². The molecular formula is C17H12F6S2. The van der Waals surface area contributed by atoms with E-state index in [0.717, 1.165) is 22.7 Å². The van der Waals surface area contributed by atoms with Gasteiger partial charge < -0.3 is 0 Å². The molecule has 0 saturated heterocycles. The number of halogens is 6. The lowest BCUT2D eigenvalue weighted by Crippen LogP contribution is -2.48. The molecule has 2 aromatic rings. The summed E-state index contributed by atoms with van der Waals surface area (Å²) < 4.78 is 86.2. The van der Waals surface area contributed by atoms with Crippen LogP contribution in [0.1, 0.15) is 25.8 Å². The molecule has 0 radical (unpaired) electrons. The average molecular weight is 394 g/mol. The molecule has 0 N–H and O–H groups in total. The Morgan fingerprint density at radius 3 is 1.92 bits per heavy atom. The molecule has 3 rings (SSSR count). The van der Waals surface area contributed by atoms with Crippen molar-refractivity contribution in [2.24, 2.45) is 0 Å². The van der Waals surface area contributed by atoms with Gasteiger partial charge in [0.1, 0.15) is 0 Å². The third kappa shape index (κ3) is 2.26. The maximum absolute atomic E-state index is 14.5. The van der Waals surface area contributed by atoms with Gasteiger partial charge in [-0.2, -0.15) is 26.3 Å². The van der Waals surface area contributed by atoms with Crippen molar-refractivity contribution in [1.82, 2.24) is 0 Å². The van der Waals surface area contributed by atoms with Crippen LogP contribution in [0.3, 0.4) is 0 Å². The number of rotatable bonds is 3. The number of aryl methyl sites for hydroxylation is 2. The molecule has 0 unspecified atom stereocenters. The van der Waals surface area contributed by atoms with Gasteiger partial charge in [-0.25, -0.2) is 0 Å². The smallest absolute Gasteiger partial charge is 0.194 e. The van der Waals surface area contributed by atoms with E-state index >= 15 is 0 Å². The Bertz CT molecular complexity index is 885. The average Bonchev–Trinajstić information content (AvgIpc) is 3.11. The van der Waals surface area contributed by atoms with Gasteiger partial charge in [0.25, 0.3) is 0 Å². The normalized spacial score (nSPS) is 21.0. The molecule has 134 valence electrons. The van der Waals surface area contributed by atoms with Gasteiger partial charge in [0.15, 0.2) is 0 Å². The fourth-order valence-electron chi connectivity index (χ4n) is 2.93. The Morgan fingerprint density at radius 2 is 1.48 bits per heavy atom.